The van der Waals surface area contributed by atoms with Crippen molar-refractivity contribution in [2.75, 3.05) is 0 Å². The van der Waals surface area contributed by atoms with Crippen molar-refractivity contribution in [3.63, 3.8) is 0 Å². The summed E-state index contributed by atoms with van der Waals surface area (Å²) in [4.78, 5) is 0. The Kier molecular flexibility index (Phi) is 3.74. The van der Waals surface area contributed by atoms with Crippen LogP contribution in [0, 0.1) is 0 Å². The van der Waals surface area contributed by atoms with E-state index in [-0.39, 0.29) is 10.8 Å². The van der Waals surface area contributed by atoms with Gasteiger partial charge in [0.1, 0.15) is 5.76 Å². The quantitative estimate of drug-likeness (QED) is 0.730. The number of nitrogens with zero attached hydrogens (tertiary/aromatic N) is 1. The van der Waals surface area contributed by atoms with Crippen molar-refractivity contribution in [2.45, 2.75) is 65.2 Å². The van der Waals surface area contributed by atoms with Gasteiger partial charge in [0.25, 0.3) is 0 Å². The summed E-state index contributed by atoms with van der Waals surface area (Å²) in [5.74, 6) is 0.918. The van der Waals surface area contributed by atoms with Gasteiger partial charge in [-0.05, 0) is 53.4 Å². The summed E-state index contributed by atoms with van der Waals surface area (Å²) in [6, 6.07) is 8.97. The Labute approximate surface area is 139 Å². The van der Waals surface area contributed by atoms with Gasteiger partial charge < -0.3 is 4.52 Å². The zero-order valence-electron chi connectivity index (χ0n) is 15.2. The first-order valence-corrected chi connectivity index (χ1v) is 8.42. The molecule has 0 bridgehead atoms. The third-order valence-electron chi connectivity index (χ3n) is 5.16. The maximum Gasteiger partial charge on any atom is 0.141 e. The van der Waals surface area contributed by atoms with Crippen LogP contribution in [0.1, 0.15) is 70.4 Å². The fraction of sp³-hybridized carbons (Fsp3) is 0.476. The van der Waals surface area contributed by atoms with Crippen molar-refractivity contribution in [3.05, 3.63) is 58.5 Å². The molecule has 0 unspecified atom stereocenters. The molecule has 23 heavy (non-hydrogen) atoms. The Morgan fingerprint density at radius 2 is 1.74 bits per heavy atom. The minimum atomic E-state index is 0.230. The van der Waals surface area contributed by atoms with Crippen LogP contribution >= 0.6 is 0 Å². The van der Waals surface area contributed by atoms with Gasteiger partial charge in [-0.25, -0.2) is 0 Å². The molecule has 1 aromatic heterocycles. The summed E-state index contributed by atoms with van der Waals surface area (Å²) in [6.07, 6.45) is 3.71. The van der Waals surface area contributed by atoms with Gasteiger partial charge in [-0.2, -0.15) is 0 Å². The second kappa shape index (κ2) is 5.36. The largest absolute Gasteiger partial charge is 0.361 e. The van der Waals surface area contributed by atoms with E-state index < -0.39 is 0 Å². The summed E-state index contributed by atoms with van der Waals surface area (Å²) in [5.41, 5.74) is 7.46. The van der Waals surface area contributed by atoms with Crippen molar-refractivity contribution in [1.82, 2.24) is 5.16 Å². The predicted molar refractivity (Wildman–Crippen MR) is 95.6 cm³/mol. The molecule has 1 aliphatic rings. The van der Waals surface area contributed by atoms with Crippen LogP contribution in [-0.2, 0) is 17.3 Å². The minimum Gasteiger partial charge on any atom is -0.361 e. The van der Waals surface area contributed by atoms with Gasteiger partial charge in [-0.1, -0.05) is 56.6 Å². The van der Waals surface area contributed by atoms with Gasteiger partial charge in [0, 0.05) is 12.5 Å². The highest BCUT2D eigenvalue weighted by Crippen LogP contribution is 2.49. The highest BCUT2D eigenvalue weighted by molar-refractivity contribution is 5.71. The van der Waals surface area contributed by atoms with Crippen molar-refractivity contribution >= 4 is 5.57 Å². The maximum absolute atomic E-state index is 5.32. The molecule has 2 nitrogen and oxygen atoms in total. The van der Waals surface area contributed by atoms with Crippen molar-refractivity contribution in [3.8, 4) is 0 Å². The van der Waals surface area contributed by atoms with Crippen molar-refractivity contribution in [2.24, 2.45) is 0 Å². The van der Waals surface area contributed by atoms with Crippen LogP contribution in [0.5, 0.6) is 0 Å². The van der Waals surface area contributed by atoms with E-state index in [2.05, 4.69) is 64.9 Å². The van der Waals surface area contributed by atoms with Gasteiger partial charge in [0.15, 0.2) is 0 Å². The van der Waals surface area contributed by atoms with E-state index in [9.17, 15) is 0 Å². The standard InChI is InChI=1S/C21H27NO/c1-14(2)17(12-16-9-10-22-23-16)15-7-8-18-19(11-15)21(5,6)13-20(18,3)4/h7-11H,12-13H2,1-6H3. The first kappa shape index (κ1) is 16.0. The Balaban J connectivity index is 2.06. The Morgan fingerprint density at radius 1 is 1.04 bits per heavy atom. The lowest BCUT2D eigenvalue weighted by atomic mass is 9.82. The molecule has 0 spiro atoms. The highest BCUT2D eigenvalue weighted by atomic mass is 16.5. The smallest absolute Gasteiger partial charge is 0.141 e. The molecule has 0 aliphatic heterocycles. The number of benzene rings is 1. The number of allylic oxidation sites excluding steroid dienone is 2. The van der Waals surface area contributed by atoms with Crippen LogP contribution in [0.15, 0.2) is 40.6 Å². The second-order valence-corrected chi connectivity index (χ2v) is 8.34. The van der Waals surface area contributed by atoms with Crippen LogP contribution in [0.2, 0.25) is 0 Å². The van der Waals surface area contributed by atoms with Crippen LogP contribution in [0.25, 0.3) is 5.57 Å². The molecule has 0 fully saturated rings. The average Bonchev–Trinajstić information content (AvgIpc) is 3.01. The highest BCUT2D eigenvalue weighted by Gasteiger charge is 2.41. The van der Waals surface area contributed by atoms with Crippen LogP contribution < -0.4 is 0 Å². The molecule has 0 radical (unpaired) electrons. The molecule has 1 heterocycles. The summed E-state index contributed by atoms with van der Waals surface area (Å²) in [5, 5.41) is 3.83. The van der Waals surface area contributed by atoms with Gasteiger partial charge >= 0.3 is 0 Å². The van der Waals surface area contributed by atoms with Crippen LogP contribution in [0.4, 0.5) is 0 Å². The lowest BCUT2D eigenvalue weighted by Crippen LogP contribution is -2.17. The predicted octanol–water partition coefficient (Wildman–Crippen LogP) is 5.67. The van der Waals surface area contributed by atoms with Gasteiger partial charge in [0.2, 0.25) is 0 Å². The number of rotatable bonds is 3. The molecule has 3 rings (SSSR count). The molecule has 2 aromatic rings. The van der Waals surface area contributed by atoms with E-state index in [1.807, 2.05) is 6.07 Å². The van der Waals surface area contributed by atoms with Gasteiger partial charge in [0.05, 0.1) is 6.20 Å². The van der Waals surface area contributed by atoms with E-state index in [4.69, 9.17) is 4.52 Å². The number of hydrogen-bond acceptors (Lipinski definition) is 2. The fourth-order valence-corrected chi connectivity index (χ4v) is 4.25. The Hall–Kier alpha value is -1.83. The summed E-state index contributed by atoms with van der Waals surface area (Å²) in [6.45, 7) is 13.8. The molecule has 0 atom stereocenters. The molecule has 2 heteroatoms. The maximum atomic E-state index is 5.32. The zero-order chi connectivity index (χ0) is 16.8. The van der Waals surface area contributed by atoms with E-state index in [0.717, 1.165) is 12.2 Å². The third kappa shape index (κ3) is 2.87. The summed E-state index contributed by atoms with van der Waals surface area (Å²) < 4.78 is 5.32. The molecule has 0 saturated carbocycles. The lowest BCUT2D eigenvalue weighted by molar-refractivity contribution is 0.391. The third-order valence-corrected chi connectivity index (χ3v) is 5.16. The van der Waals surface area contributed by atoms with Crippen LogP contribution in [-0.4, -0.2) is 5.16 Å². The van der Waals surface area contributed by atoms with Crippen molar-refractivity contribution in [1.29, 1.82) is 0 Å². The molecule has 0 saturated heterocycles. The van der Waals surface area contributed by atoms with Crippen LogP contribution in [0.3, 0.4) is 0 Å². The number of fused-ring (bicyclic) bond motifs is 1. The SMILES string of the molecule is CC(C)=C(Cc1ccno1)c1ccc2c(c1)C(C)(C)CC2(C)C. The lowest BCUT2D eigenvalue weighted by Gasteiger charge is -2.22. The normalized spacial score (nSPS) is 17.8. The summed E-state index contributed by atoms with van der Waals surface area (Å²) >= 11 is 0. The first-order valence-electron chi connectivity index (χ1n) is 8.42. The number of hydrogen-bond donors (Lipinski definition) is 0. The molecule has 1 aromatic carbocycles. The zero-order valence-corrected chi connectivity index (χ0v) is 15.2. The molecule has 0 N–H and O–H groups in total. The Morgan fingerprint density at radius 3 is 2.35 bits per heavy atom. The molecular formula is C21H27NO. The Bertz CT molecular complexity index is 744. The molecule has 1 aliphatic carbocycles. The van der Waals surface area contributed by atoms with Crippen molar-refractivity contribution < 1.29 is 4.52 Å². The second-order valence-electron chi connectivity index (χ2n) is 8.34. The molecule has 0 amide bonds. The van der Waals surface area contributed by atoms with E-state index in [1.54, 1.807) is 6.20 Å². The molecular weight excluding hydrogens is 282 g/mol. The van der Waals surface area contributed by atoms with Gasteiger partial charge in [-0.15, -0.1) is 0 Å². The van der Waals surface area contributed by atoms with E-state index >= 15 is 0 Å². The van der Waals surface area contributed by atoms with E-state index in [1.165, 1.54) is 34.3 Å². The number of aromatic nitrogens is 1. The fourth-order valence-electron chi connectivity index (χ4n) is 4.25. The topological polar surface area (TPSA) is 26.0 Å². The summed E-state index contributed by atoms with van der Waals surface area (Å²) in [7, 11) is 0. The van der Waals surface area contributed by atoms with Gasteiger partial charge in [-0.3, -0.25) is 0 Å². The molecule has 122 valence electrons. The van der Waals surface area contributed by atoms with E-state index in [0.29, 0.717) is 0 Å². The first-order chi connectivity index (χ1) is 10.7. The monoisotopic (exact) mass is 309 g/mol. The average molecular weight is 309 g/mol. The minimum absolute atomic E-state index is 0.230.